The second-order valence-electron chi connectivity index (χ2n) is 7.92. The third-order valence-corrected chi connectivity index (χ3v) is 5.27. The fraction of sp³-hybridized carbons (Fsp3) is 0.148. The van der Waals surface area contributed by atoms with E-state index in [0.29, 0.717) is 33.8 Å². The minimum atomic E-state index is 0.291. The molecular weight excluding hydrogens is 424 g/mol. The lowest BCUT2D eigenvalue weighted by Gasteiger charge is -2.11. The fourth-order valence-corrected chi connectivity index (χ4v) is 3.44. The number of hydrogen-bond donors (Lipinski definition) is 1. The number of nitrogens with one attached hydrogen (secondary N) is 1. The molecule has 0 atom stereocenters. The quantitative estimate of drug-likeness (QED) is 0.256. The number of rotatable bonds is 7. The largest absolute Gasteiger partial charge is 0.378 e. The lowest BCUT2D eigenvalue weighted by atomic mass is 10.0. The van der Waals surface area contributed by atoms with Crippen LogP contribution in [0.3, 0.4) is 0 Å². The summed E-state index contributed by atoms with van der Waals surface area (Å²) in [5.74, 6) is 0. The average Bonchev–Trinajstić information content (AvgIpc) is 2.83. The normalized spacial score (nSPS) is 11.4. The van der Waals surface area contributed by atoms with Crippen molar-refractivity contribution in [2.45, 2.75) is 13.8 Å². The zero-order valence-electron chi connectivity index (χ0n) is 19.5. The highest BCUT2D eigenvalue weighted by molar-refractivity contribution is 6.12. The van der Waals surface area contributed by atoms with Crippen molar-refractivity contribution in [2.24, 2.45) is 10.2 Å². The SMILES string of the molecule is Cc1cc(NC=C(C#N)c2ccc(C(C#N)=Nc3ccc(N(C)C)cc3)cc2)cc(C)c1N=O. The van der Waals surface area contributed by atoms with Gasteiger partial charge >= 0.3 is 0 Å². The number of aliphatic imine (C=N–C) groups is 1. The van der Waals surface area contributed by atoms with Crippen LogP contribution in [-0.2, 0) is 0 Å². The highest BCUT2D eigenvalue weighted by atomic mass is 16.3. The number of nitriles is 2. The first-order valence-electron chi connectivity index (χ1n) is 10.5. The maximum atomic E-state index is 10.9. The van der Waals surface area contributed by atoms with Gasteiger partial charge in [0, 0.05) is 37.2 Å². The van der Waals surface area contributed by atoms with Crippen LogP contribution in [0.15, 0.2) is 77.0 Å². The van der Waals surface area contributed by atoms with Gasteiger partial charge in [-0.3, -0.25) is 0 Å². The van der Waals surface area contributed by atoms with Crippen LogP contribution in [0.4, 0.5) is 22.7 Å². The van der Waals surface area contributed by atoms with Gasteiger partial charge in [-0.1, -0.05) is 24.3 Å². The first-order chi connectivity index (χ1) is 16.4. The Bertz CT molecular complexity index is 1310. The predicted molar refractivity (Wildman–Crippen MR) is 138 cm³/mol. The Morgan fingerprint density at radius 3 is 2.00 bits per heavy atom. The minimum Gasteiger partial charge on any atom is -0.378 e. The van der Waals surface area contributed by atoms with Crippen molar-refractivity contribution < 1.29 is 0 Å². The number of nitroso groups, excluding NO2 is 1. The molecule has 0 aromatic heterocycles. The Hall–Kier alpha value is -4.75. The third-order valence-electron chi connectivity index (χ3n) is 5.27. The van der Waals surface area contributed by atoms with Crippen molar-refractivity contribution in [2.75, 3.05) is 24.3 Å². The summed E-state index contributed by atoms with van der Waals surface area (Å²) in [5, 5.41) is 25.4. The van der Waals surface area contributed by atoms with Gasteiger partial charge in [-0.05, 0) is 72.1 Å². The molecule has 3 aromatic carbocycles. The molecular formula is C27H24N6O. The summed E-state index contributed by atoms with van der Waals surface area (Å²) in [6.07, 6.45) is 1.61. The molecule has 3 aromatic rings. The molecule has 0 saturated carbocycles. The summed E-state index contributed by atoms with van der Waals surface area (Å²) in [4.78, 5) is 17.4. The molecule has 0 aliphatic heterocycles. The average molecular weight is 449 g/mol. The van der Waals surface area contributed by atoms with Gasteiger partial charge in [0.25, 0.3) is 0 Å². The number of benzene rings is 3. The number of nitrogens with zero attached hydrogens (tertiary/aromatic N) is 5. The van der Waals surface area contributed by atoms with E-state index in [1.165, 1.54) is 0 Å². The molecule has 0 bridgehead atoms. The molecule has 7 heteroatoms. The van der Waals surface area contributed by atoms with Crippen molar-refractivity contribution in [1.82, 2.24) is 0 Å². The van der Waals surface area contributed by atoms with Gasteiger partial charge in [0.1, 0.15) is 23.5 Å². The van der Waals surface area contributed by atoms with Gasteiger partial charge in [-0.25, -0.2) is 4.99 Å². The molecule has 168 valence electrons. The van der Waals surface area contributed by atoms with Gasteiger partial charge in [0.15, 0.2) is 0 Å². The summed E-state index contributed by atoms with van der Waals surface area (Å²) >= 11 is 0. The summed E-state index contributed by atoms with van der Waals surface area (Å²) in [5.41, 5.74) is 6.51. The van der Waals surface area contributed by atoms with Gasteiger partial charge in [0.2, 0.25) is 0 Å². The van der Waals surface area contributed by atoms with Crippen LogP contribution in [0.2, 0.25) is 0 Å². The molecule has 0 spiro atoms. The van der Waals surface area contributed by atoms with Crippen LogP contribution >= 0.6 is 0 Å². The monoisotopic (exact) mass is 448 g/mol. The number of anilines is 2. The van der Waals surface area contributed by atoms with E-state index < -0.39 is 0 Å². The molecule has 0 aliphatic rings. The molecule has 0 amide bonds. The standard InChI is InChI=1S/C27H24N6O/c1-18-13-24(14-19(2)27(18)32-34)30-17-22(15-28)20-5-7-21(8-6-20)26(16-29)31-23-9-11-25(12-10-23)33(3)4/h5-14,17,30H,1-4H3. The smallest absolute Gasteiger partial charge is 0.148 e. The van der Waals surface area contributed by atoms with E-state index in [2.05, 4.69) is 27.6 Å². The van der Waals surface area contributed by atoms with E-state index in [4.69, 9.17) is 0 Å². The van der Waals surface area contributed by atoms with Crippen LogP contribution in [0.25, 0.3) is 5.57 Å². The van der Waals surface area contributed by atoms with E-state index >= 15 is 0 Å². The zero-order valence-corrected chi connectivity index (χ0v) is 19.5. The van der Waals surface area contributed by atoms with Gasteiger partial charge in [0.05, 0.1) is 11.3 Å². The Labute approximate surface area is 199 Å². The van der Waals surface area contributed by atoms with Crippen LogP contribution in [-0.4, -0.2) is 19.8 Å². The summed E-state index contributed by atoms with van der Waals surface area (Å²) < 4.78 is 0. The molecule has 0 unspecified atom stereocenters. The van der Waals surface area contributed by atoms with Crippen molar-refractivity contribution >= 4 is 34.0 Å². The maximum absolute atomic E-state index is 10.9. The lowest BCUT2D eigenvalue weighted by molar-refractivity contribution is 1.13. The molecule has 0 aliphatic carbocycles. The summed E-state index contributed by atoms with van der Waals surface area (Å²) in [7, 11) is 3.92. The summed E-state index contributed by atoms with van der Waals surface area (Å²) in [6, 6.07) is 22.7. The number of hydrogen-bond acceptors (Lipinski definition) is 7. The van der Waals surface area contributed by atoms with Gasteiger partial charge in [-0.15, -0.1) is 4.91 Å². The Morgan fingerprint density at radius 2 is 1.50 bits per heavy atom. The topological polar surface area (TPSA) is 105 Å². The Kier molecular flexibility index (Phi) is 7.53. The second kappa shape index (κ2) is 10.7. The molecule has 0 heterocycles. The molecule has 1 N–H and O–H groups in total. The highest BCUT2D eigenvalue weighted by Crippen LogP contribution is 2.28. The van der Waals surface area contributed by atoms with Crippen LogP contribution < -0.4 is 10.2 Å². The van der Waals surface area contributed by atoms with E-state index in [0.717, 1.165) is 22.5 Å². The first-order valence-corrected chi connectivity index (χ1v) is 10.5. The van der Waals surface area contributed by atoms with Crippen LogP contribution in [0.5, 0.6) is 0 Å². The first kappa shape index (κ1) is 23.9. The minimum absolute atomic E-state index is 0.291. The zero-order chi connectivity index (χ0) is 24.7. The van der Waals surface area contributed by atoms with Gasteiger partial charge in [-0.2, -0.15) is 10.5 Å². The number of aryl methyl sites for hydroxylation is 2. The predicted octanol–water partition coefficient (Wildman–Crippen LogP) is 6.39. The Morgan fingerprint density at radius 1 is 0.912 bits per heavy atom. The molecule has 34 heavy (non-hydrogen) atoms. The summed E-state index contributed by atoms with van der Waals surface area (Å²) in [6.45, 7) is 3.63. The van der Waals surface area contributed by atoms with Crippen molar-refractivity contribution in [1.29, 1.82) is 10.5 Å². The maximum Gasteiger partial charge on any atom is 0.148 e. The third kappa shape index (κ3) is 5.53. The van der Waals surface area contributed by atoms with Crippen LogP contribution in [0, 0.1) is 41.4 Å². The van der Waals surface area contributed by atoms with E-state index in [9.17, 15) is 15.4 Å². The number of allylic oxidation sites excluding steroid dienone is 1. The lowest BCUT2D eigenvalue weighted by Crippen LogP contribution is -2.07. The molecule has 7 nitrogen and oxygen atoms in total. The molecule has 0 radical (unpaired) electrons. The molecule has 3 rings (SSSR count). The van der Waals surface area contributed by atoms with Crippen molar-refractivity contribution in [3.8, 4) is 12.1 Å². The van der Waals surface area contributed by atoms with Crippen molar-refractivity contribution in [3.63, 3.8) is 0 Å². The highest BCUT2D eigenvalue weighted by Gasteiger charge is 2.08. The fourth-order valence-electron chi connectivity index (χ4n) is 3.44. The van der Waals surface area contributed by atoms with Crippen LogP contribution in [0.1, 0.15) is 22.3 Å². The van der Waals surface area contributed by atoms with E-state index in [1.807, 2.05) is 57.1 Å². The van der Waals surface area contributed by atoms with E-state index in [1.54, 1.807) is 42.6 Å². The molecule has 0 saturated heterocycles. The second-order valence-corrected chi connectivity index (χ2v) is 7.92. The van der Waals surface area contributed by atoms with Crippen molar-refractivity contribution in [3.05, 3.63) is 94.0 Å². The van der Waals surface area contributed by atoms with Gasteiger partial charge < -0.3 is 10.2 Å². The molecule has 0 fully saturated rings. The Balaban J connectivity index is 1.82. The van der Waals surface area contributed by atoms with E-state index in [-0.39, 0.29) is 0 Å².